The molecule has 24 heavy (non-hydrogen) atoms. The van der Waals surface area contributed by atoms with Crippen LogP contribution >= 0.6 is 0 Å². The molecule has 0 radical (unpaired) electrons. The molecule has 0 spiro atoms. The summed E-state index contributed by atoms with van der Waals surface area (Å²) in [5, 5.41) is 3.14. The first-order chi connectivity index (χ1) is 11.7. The largest absolute Gasteiger partial charge is 0.491 e. The number of aryl methyl sites for hydroxylation is 1. The highest BCUT2D eigenvalue weighted by atomic mass is 16.5. The number of carbonyl (C=O) groups is 1. The molecule has 0 aliphatic carbocycles. The lowest BCUT2D eigenvalue weighted by atomic mass is 10.0. The minimum Gasteiger partial charge on any atom is -0.491 e. The van der Waals surface area contributed by atoms with Gasteiger partial charge in [0.1, 0.15) is 18.2 Å². The van der Waals surface area contributed by atoms with Crippen LogP contribution in [0.25, 0.3) is 0 Å². The van der Waals surface area contributed by atoms with E-state index in [0.29, 0.717) is 6.61 Å². The van der Waals surface area contributed by atoms with Gasteiger partial charge in [-0.1, -0.05) is 17.7 Å². The lowest BCUT2D eigenvalue weighted by molar-refractivity contribution is 0.143. The quantitative estimate of drug-likeness (QED) is 0.891. The summed E-state index contributed by atoms with van der Waals surface area (Å²) in [5.41, 5.74) is 2.24. The van der Waals surface area contributed by atoms with Gasteiger partial charge in [0, 0.05) is 24.5 Å². The SMILES string of the molecule is Cc1ccc2c(c1)[C@H](NC(=O)N1CCCC[C@@H]1c1ncc[nH]1)CO2. The minimum atomic E-state index is -0.0911. The Morgan fingerprint density at radius 1 is 1.42 bits per heavy atom. The summed E-state index contributed by atoms with van der Waals surface area (Å²) in [6.45, 7) is 3.30. The van der Waals surface area contributed by atoms with Crippen LogP contribution in [0.3, 0.4) is 0 Å². The van der Waals surface area contributed by atoms with E-state index in [1.54, 1.807) is 6.20 Å². The molecule has 3 heterocycles. The number of carbonyl (C=O) groups excluding carboxylic acids is 1. The number of nitrogens with zero attached hydrogens (tertiary/aromatic N) is 2. The molecule has 0 bridgehead atoms. The molecule has 2 amide bonds. The first-order valence-corrected chi connectivity index (χ1v) is 8.52. The Morgan fingerprint density at radius 3 is 3.17 bits per heavy atom. The molecule has 2 aromatic rings. The van der Waals surface area contributed by atoms with Crippen molar-refractivity contribution < 1.29 is 9.53 Å². The first-order valence-electron chi connectivity index (χ1n) is 8.52. The number of aromatic nitrogens is 2. The second-order valence-corrected chi connectivity index (χ2v) is 6.53. The van der Waals surface area contributed by atoms with E-state index in [-0.39, 0.29) is 18.1 Å². The van der Waals surface area contributed by atoms with Gasteiger partial charge < -0.3 is 19.9 Å². The Bertz CT molecular complexity index is 729. The Morgan fingerprint density at radius 2 is 2.33 bits per heavy atom. The van der Waals surface area contributed by atoms with Crippen LogP contribution in [-0.2, 0) is 0 Å². The number of nitrogens with one attached hydrogen (secondary N) is 2. The average molecular weight is 326 g/mol. The van der Waals surface area contributed by atoms with Gasteiger partial charge in [-0.15, -0.1) is 0 Å². The summed E-state index contributed by atoms with van der Waals surface area (Å²) < 4.78 is 5.70. The van der Waals surface area contributed by atoms with Gasteiger partial charge in [-0.2, -0.15) is 0 Å². The van der Waals surface area contributed by atoms with Crippen molar-refractivity contribution in [2.45, 2.75) is 38.3 Å². The zero-order valence-corrected chi connectivity index (χ0v) is 13.8. The van der Waals surface area contributed by atoms with E-state index in [1.165, 1.54) is 5.56 Å². The number of piperidine rings is 1. The number of likely N-dealkylation sites (tertiary alicyclic amines) is 1. The molecule has 1 fully saturated rings. The van der Waals surface area contributed by atoms with Gasteiger partial charge >= 0.3 is 6.03 Å². The zero-order chi connectivity index (χ0) is 16.5. The van der Waals surface area contributed by atoms with E-state index in [9.17, 15) is 4.79 Å². The number of benzene rings is 1. The molecule has 2 N–H and O–H groups in total. The van der Waals surface area contributed by atoms with Crippen LogP contribution in [-0.4, -0.2) is 34.1 Å². The molecule has 1 saturated heterocycles. The zero-order valence-electron chi connectivity index (χ0n) is 13.8. The Hall–Kier alpha value is -2.50. The molecule has 0 saturated carbocycles. The predicted octanol–water partition coefficient (Wildman–Crippen LogP) is 3.09. The van der Waals surface area contributed by atoms with Crippen LogP contribution < -0.4 is 10.1 Å². The van der Waals surface area contributed by atoms with E-state index in [4.69, 9.17) is 4.74 Å². The number of rotatable bonds is 2. The Balaban J connectivity index is 1.51. The van der Waals surface area contributed by atoms with Gasteiger partial charge in [-0.3, -0.25) is 0 Å². The summed E-state index contributed by atoms with van der Waals surface area (Å²) in [6, 6.07) is 5.98. The van der Waals surface area contributed by atoms with Crippen molar-refractivity contribution in [2.75, 3.05) is 13.2 Å². The van der Waals surface area contributed by atoms with Gasteiger partial charge in [0.2, 0.25) is 0 Å². The average Bonchev–Trinajstić information content (AvgIpc) is 3.25. The summed E-state index contributed by atoms with van der Waals surface area (Å²) in [7, 11) is 0. The Kier molecular flexibility index (Phi) is 3.88. The molecule has 0 unspecified atom stereocenters. The van der Waals surface area contributed by atoms with E-state index in [0.717, 1.165) is 42.9 Å². The second-order valence-electron chi connectivity index (χ2n) is 6.53. The molecule has 4 rings (SSSR count). The van der Waals surface area contributed by atoms with Crippen molar-refractivity contribution in [3.05, 3.63) is 47.5 Å². The van der Waals surface area contributed by atoms with Crippen molar-refractivity contribution in [3.63, 3.8) is 0 Å². The number of hydrogen-bond donors (Lipinski definition) is 2. The fraction of sp³-hybridized carbons (Fsp3) is 0.444. The molecule has 2 aliphatic rings. The molecular weight excluding hydrogens is 304 g/mol. The van der Waals surface area contributed by atoms with Crippen LogP contribution in [0, 0.1) is 6.92 Å². The number of imidazole rings is 1. The third-order valence-electron chi connectivity index (χ3n) is 4.84. The number of hydrogen-bond acceptors (Lipinski definition) is 3. The maximum absolute atomic E-state index is 12.9. The Labute approximate surface area is 141 Å². The highest BCUT2D eigenvalue weighted by Crippen LogP contribution is 2.34. The second kappa shape index (κ2) is 6.19. The molecular formula is C18H22N4O2. The van der Waals surface area contributed by atoms with Crippen molar-refractivity contribution >= 4 is 6.03 Å². The fourth-order valence-corrected chi connectivity index (χ4v) is 3.60. The molecule has 6 heteroatoms. The minimum absolute atomic E-state index is 0.0213. The normalized spacial score (nSPS) is 22.8. The predicted molar refractivity (Wildman–Crippen MR) is 89.8 cm³/mol. The molecule has 2 atom stereocenters. The summed E-state index contributed by atoms with van der Waals surface area (Å²) in [5.74, 6) is 1.73. The van der Waals surface area contributed by atoms with Crippen LogP contribution in [0.5, 0.6) is 5.75 Å². The molecule has 126 valence electrons. The number of ether oxygens (including phenoxy) is 1. The summed E-state index contributed by atoms with van der Waals surface area (Å²) >= 11 is 0. The number of urea groups is 1. The van der Waals surface area contributed by atoms with Gasteiger partial charge in [-0.05, 0) is 32.3 Å². The van der Waals surface area contributed by atoms with Crippen molar-refractivity contribution in [2.24, 2.45) is 0 Å². The topological polar surface area (TPSA) is 70.2 Å². The standard InChI is InChI=1S/C18H22N4O2/c1-12-5-6-16-13(10-12)14(11-24-16)21-18(23)22-9-3-2-4-15(22)17-19-7-8-20-17/h5-8,10,14-15H,2-4,9,11H2,1H3,(H,19,20)(H,21,23)/t14-,15-/m1/s1. The highest BCUT2D eigenvalue weighted by molar-refractivity contribution is 5.75. The van der Waals surface area contributed by atoms with E-state index in [2.05, 4.69) is 28.3 Å². The number of H-pyrrole nitrogens is 1. The molecule has 1 aromatic heterocycles. The van der Waals surface area contributed by atoms with Gasteiger partial charge in [0.25, 0.3) is 0 Å². The van der Waals surface area contributed by atoms with Crippen molar-refractivity contribution in [1.82, 2.24) is 20.2 Å². The van der Waals surface area contributed by atoms with E-state index in [1.807, 2.05) is 23.2 Å². The van der Waals surface area contributed by atoms with Crippen LogP contribution in [0.15, 0.2) is 30.6 Å². The maximum atomic E-state index is 12.9. The smallest absolute Gasteiger partial charge is 0.318 e. The van der Waals surface area contributed by atoms with Gasteiger partial charge in [-0.25, -0.2) is 9.78 Å². The lowest BCUT2D eigenvalue weighted by Gasteiger charge is -2.35. The van der Waals surface area contributed by atoms with Crippen LogP contribution in [0.1, 0.15) is 48.3 Å². The van der Waals surface area contributed by atoms with Gasteiger partial charge in [0.05, 0.1) is 12.1 Å². The third-order valence-corrected chi connectivity index (χ3v) is 4.84. The van der Waals surface area contributed by atoms with E-state index >= 15 is 0 Å². The van der Waals surface area contributed by atoms with Gasteiger partial charge in [0.15, 0.2) is 0 Å². The lowest BCUT2D eigenvalue weighted by Crippen LogP contribution is -2.46. The van der Waals surface area contributed by atoms with Crippen LogP contribution in [0.2, 0.25) is 0 Å². The molecule has 1 aromatic carbocycles. The molecule has 6 nitrogen and oxygen atoms in total. The first kappa shape index (κ1) is 15.1. The van der Waals surface area contributed by atoms with Crippen molar-refractivity contribution in [3.8, 4) is 5.75 Å². The number of amides is 2. The summed E-state index contributed by atoms with van der Waals surface area (Å²) in [4.78, 5) is 22.3. The summed E-state index contributed by atoms with van der Waals surface area (Å²) in [6.07, 6.45) is 6.64. The number of fused-ring (bicyclic) bond motifs is 1. The number of aromatic amines is 1. The van der Waals surface area contributed by atoms with E-state index < -0.39 is 0 Å². The van der Waals surface area contributed by atoms with Crippen molar-refractivity contribution in [1.29, 1.82) is 0 Å². The third kappa shape index (κ3) is 2.72. The monoisotopic (exact) mass is 326 g/mol. The highest BCUT2D eigenvalue weighted by Gasteiger charge is 2.33. The molecule has 2 aliphatic heterocycles. The maximum Gasteiger partial charge on any atom is 0.318 e. The van der Waals surface area contributed by atoms with Crippen LogP contribution in [0.4, 0.5) is 4.79 Å². The fourth-order valence-electron chi connectivity index (χ4n) is 3.60.